The Morgan fingerprint density at radius 2 is 2.00 bits per heavy atom. The van der Waals surface area contributed by atoms with Crippen LogP contribution >= 0.6 is 0 Å². The first-order valence-electron chi connectivity index (χ1n) is 6.66. The minimum Gasteiger partial charge on any atom is -0.444 e. The van der Waals surface area contributed by atoms with Gasteiger partial charge in [-0.05, 0) is 20.8 Å². The first-order chi connectivity index (χ1) is 9.08. The Hall–Kier alpha value is -0.950. The van der Waals surface area contributed by atoms with Crippen LogP contribution in [0.2, 0.25) is 0 Å². The van der Waals surface area contributed by atoms with Gasteiger partial charge in [-0.1, -0.05) is 6.92 Å². The van der Waals surface area contributed by atoms with Gasteiger partial charge in [0, 0.05) is 12.5 Å². The van der Waals surface area contributed by atoms with E-state index in [-0.39, 0.29) is 26.3 Å². The molecule has 7 heteroatoms. The van der Waals surface area contributed by atoms with E-state index >= 15 is 0 Å². The van der Waals surface area contributed by atoms with E-state index in [1.54, 1.807) is 20.8 Å². The third kappa shape index (κ3) is 4.28. The Bertz CT molecular complexity index is 344. The molecule has 1 N–H and O–H groups in total. The number of piperidine rings is 1. The van der Waals surface area contributed by atoms with Crippen LogP contribution in [0.5, 0.6) is 0 Å². The summed E-state index contributed by atoms with van der Waals surface area (Å²) in [5.41, 5.74) is -0.679. The van der Waals surface area contributed by atoms with Crippen molar-refractivity contribution in [3.63, 3.8) is 0 Å². The standard InChI is InChI=1S/C13H23F2NO4/c1-9-7-16(11(18)20-12(2,3)4)8-10(13(9,14)15)19-6-5-17/h9-10,17H,5-8H2,1-4H3/t9-,10+/m1/s1. The second-order valence-electron chi connectivity index (χ2n) is 6.04. The maximum absolute atomic E-state index is 14.0. The van der Waals surface area contributed by atoms with Gasteiger partial charge in [0.1, 0.15) is 11.7 Å². The summed E-state index contributed by atoms with van der Waals surface area (Å²) in [5.74, 6) is -4.07. The van der Waals surface area contributed by atoms with Crippen molar-refractivity contribution in [3.8, 4) is 0 Å². The van der Waals surface area contributed by atoms with Crippen molar-refractivity contribution in [2.24, 2.45) is 5.92 Å². The number of aliphatic hydroxyl groups is 1. The Labute approximate surface area is 117 Å². The molecule has 0 aromatic carbocycles. The normalized spacial score (nSPS) is 26.4. The average molecular weight is 295 g/mol. The van der Waals surface area contributed by atoms with Crippen molar-refractivity contribution in [1.29, 1.82) is 0 Å². The summed E-state index contributed by atoms with van der Waals surface area (Å²) in [5, 5.41) is 8.69. The van der Waals surface area contributed by atoms with Gasteiger partial charge in [-0.15, -0.1) is 0 Å². The molecule has 5 nitrogen and oxygen atoms in total. The highest BCUT2D eigenvalue weighted by Gasteiger charge is 2.51. The highest BCUT2D eigenvalue weighted by Crippen LogP contribution is 2.35. The first-order valence-corrected chi connectivity index (χ1v) is 6.66. The van der Waals surface area contributed by atoms with Crippen molar-refractivity contribution in [2.75, 3.05) is 26.3 Å². The summed E-state index contributed by atoms with van der Waals surface area (Å²) in [6, 6.07) is 0. The molecule has 0 spiro atoms. The molecule has 0 unspecified atom stereocenters. The number of aliphatic hydroxyl groups excluding tert-OH is 1. The summed E-state index contributed by atoms with van der Waals surface area (Å²) in [4.78, 5) is 13.2. The van der Waals surface area contributed by atoms with Gasteiger partial charge in [0.15, 0.2) is 0 Å². The Morgan fingerprint density at radius 1 is 1.40 bits per heavy atom. The summed E-state index contributed by atoms with van der Waals surface area (Å²) >= 11 is 0. The number of hydrogen-bond acceptors (Lipinski definition) is 4. The third-order valence-electron chi connectivity index (χ3n) is 3.03. The number of carbonyl (C=O) groups is 1. The lowest BCUT2D eigenvalue weighted by molar-refractivity contribution is -0.198. The first kappa shape index (κ1) is 17.1. The van der Waals surface area contributed by atoms with E-state index in [1.807, 2.05) is 0 Å². The molecule has 1 heterocycles. The van der Waals surface area contributed by atoms with Crippen LogP contribution in [0.1, 0.15) is 27.7 Å². The monoisotopic (exact) mass is 295 g/mol. The van der Waals surface area contributed by atoms with E-state index in [4.69, 9.17) is 14.6 Å². The molecular weight excluding hydrogens is 272 g/mol. The molecule has 0 radical (unpaired) electrons. The van der Waals surface area contributed by atoms with Gasteiger partial charge in [-0.25, -0.2) is 13.6 Å². The summed E-state index contributed by atoms with van der Waals surface area (Å²) in [7, 11) is 0. The molecule has 118 valence electrons. The predicted octanol–water partition coefficient (Wildman–Crippen LogP) is 1.89. The van der Waals surface area contributed by atoms with E-state index < -0.39 is 29.6 Å². The number of amides is 1. The number of alkyl halides is 2. The fraction of sp³-hybridized carbons (Fsp3) is 0.923. The Balaban J connectivity index is 2.74. The quantitative estimate of drug-likeness (QED) is 0.864. The lowest BCUT2D eigenvalue weighted by Gasteiger charge is -2.42. The summed E-state index contributed by atoms with van der Waals surface area (Å²) < 4.78 is 38.1. The molecule has 0 saturated carbocycles. The van der Waals surface area contributed by atoms with Crippen molar-refractivity contribution in [2.45, 2.75) is 45.3 Å². The molecule has 0 aliphatic carbocycles. The fourth-order valence-electron chi connectivity index (χ4n) is 2.00. The second-order valence-corrected chi connectivity index (χ2v) is 6.04. The van der Waals surface area contributed by atoms with Crippen molar-refractivity contribution < 1.29 is 28.2 Å². The minimum atomic E-state index is -3.03. The third-order valence-corrected chi connectivity index (χ3v) is 3.03. The summed E-state index contributed by atoms with van der Waals surface area (Å²) in [6.07, 6.45) is -2.05. The summed E-state index contributed by atoms with van der Waals surface area (Å²) in [6.45, 7) is 5.66. The van der Waals surface area contributed by atoms with Gasteiger partial charge in [0.05, 0.1) is 19.8 Å². The van der Waals surface area contributed by atoms with Gasteiger partial charge < -0.3 is 19.5 Å². The molecule has 1 rings (SSSR count). The average Bonchev–Trinajstić information content (AvgIpc) is 2.28. The number of carbonyl (C=O) groups excluding carboxylic acids is 1. The van der Waals surface area contributed by atoms with Gasteiger partial charge in [0.25, 0.3) is 5.92 Å². The molecule has 1 aliphatic rings. The predicted molar refractivity (Wildman–Crippen MR) is 68.7 cm³/mol. The largest absolute Gasteiger partial charge is 0.444 e. The highest BCUT2D eigenvalue weighted by molar-refractivity contribution is 5.68. The van der Waals surface area contributed by atoms with Crippen molar-refractivity contribution >= 4 is 6.09 Å². The molecule has 1 fully saturated rings. The zero-order valence-corrected chi connectivity index (χ0v) is 12.4. The molecule has 1 saturated heterocycles. The van der Waals surface area contributed by atoms with Crippen LogP contribution in [-0.2, 0) is 9.47 Å². The topological polar surface area (TPSA) is 59.0 Å². The van der Waals surface area contributed by atoms with E-state index in [9.17, 15) is 13.6 Å². The second kappa shape index (κ2) is 6.22. The van der Waals surface area contributed by atoms with Gasteiger partial charge in [-0.2, -0.15) is 0 Å². The lowest BCUT2D eigenvalue weighted by atomic mass is 9.93. The van der Waals surface area contributed by atoms with Gasteiger partial charge in [-0.3, -0.25) is 0 Å². The number of rotatable bonds is 3. The number of likely N-dealkylation sites (tertiary alicyclic amines) is 1. The van der Waals surface area contributed by atoms with E-state index in [0.29, 0.717) is 0 Å². The van der Waals surface area contributed by atoms with Crippen LogP contribution in [0, 0.1) is 5.92 Å². The zero-order valence-electron chi connectivity index (χ0n) is 12.4. The highest BCUT2D eigenvalue weighted by atomic mass is 19.3. The molecular formula is C13H23F2NO4. The Kier molecular flexibility index (Phi) is 5.32. The van der Waals surface area contributed by atoms with Crippen LogP contribution in [-0.4, -0.2) is 60.0 Å². The number of nitrogens with zero attached hydrogens (tertiary/aromatic N) is 1. The van der Waals surface area contributed by atoms with Crippen LogP contribution in [0.4, 0.5) is 13.6 Å². The molecule has 2 atom stereocenters. The molecule has 20 heavy (non-hydrogen) atoms. The van der Waals surface area contributed by atoms with Crippen LogP contribution in [0.15, 0.2) is 0 Å². The van der Waals surface area contributed by atoms with E-state index in [0.717, 1.165) is 0 Å². The van der Waals surface area contributed by atoms with Crippen molar-refractivity contribution in [3.05, 3.63) is 0 Å². The molecule has 1 amide bonds. The zero-order chi connectivity index (χ0) is 15.6. The fourth-order valence-corrected chi connectivity index (χ4v) is 2.00. The van der Waals surface area contributed by atoms with E-state index in [1.165, 1.54) is 11.8 Å². The van der Waals surface area contributed by atoms with E-state index in [2.05, 4.69) is 0 Å². The molecule has 0 aromatic heterocycles. The number of halogens is 2. The number of hydrogen-bond donors (Lipinski definition) is 1. The SMILES string of the molecule is C[C@@H]1CN(C(=O)OC(C)(C)C)C[C@H](OCCO)C1(F)F. The van der Waals surface area contributed by atoms with Gasteiger partial charge in [0.2, 0.25) is 0 Å². The van der Waals surface area contributed by atoms with Crippen LogP contribution in [0.3, 0.4) is 0 Å². The smallest absolute Gasteiger partial charge is 0.410 e. The van der Waals surface area contributed by atoms with Gasteiger partial charge >= 0.3 is 6.09 Å². The van der Waals surface area contributed by atoms with Crippen LogP contribution < -0.4 is 0 Å². The number of ether oxygens (including phenoxy) is 2. The maximum atomic E-state index is 14.0. The minimum absolute atomic E-state index is 0.0824. The van der Waals surface area contributed by atoms with Crippen molar-refractivity contribution in [1.82, 2.24) is 4.90 Å². The molecule has 0 bridgehead atoms. The Morgan fingerprint density at radius 3 is 2.50 bits per heavy atom. The molecule has 1 aliphatic heterocycles. The lowest BCUT2D eigenvalue weighted by Crippen LogP contribution is -2.58. The molecule has 0 aromatic rings. The maximum Gasteiger partial charge on any atom is 0.410 e. The van der Waals surface area contributed by atoms with Crippen LogP contribution in [0.25, 0.3) is 0 Å².